The third-order valence-corrected chi connectivity index (χ3v) is 4.32. The number of nitrogens with zero attached hydrogens (tertiary/aromatic N) is 4. The third kappa shape index (κ3) is 8.83. The maximum absolute atomic E-state index is 11.7. The Morgan fingerprint density at radius 1 is 0.840 bits per heavy atom. The zero-order valence-electron chi connectivity index (χ0n) is 16.3. The van der Waals surface area contributed by atoms with E-state index in [-0.39, 0.29) is 5.69 Å². The van der Waals surface area contributed by atoms with Crippen LogP contribution in [0.15, 0.2) is 4.79 Å². The molecular formula is C17H35N7O. The van der Waals surface area contributed by atoms with Crippen LogP contribution in [0.2, 0.25) is 0 Å². The first-order valence-electron chi connectivity index (χ1n) is 9.53. The Hall–Kier alpha value is -1.67. The highest BCUT2D eigenvalue weighted by Gasteiger charge is 2.04. The van der Waals surface area contributed by atoms with Crippen molar-refractivity contribution in [1.82, 2.24) is 24.8 Å². The average molecular weight is 354 g/mol. The van der Waals surface area contributed by atoms with Crippen molar-refractivity contribution in [2.24, 2.45) is 0 Å². The van der Waals surface area contributed by atoms with E-state index in [9.17, 15) is 4.79 Å². The largest absolute Gasteiger partial charge is 0.356 e. The van der Waals surface area contributed by atoms with Gasteiger partial charge in [-0.05, 0) is 52.1 Å². The van der Waals surface area contributed by atoms with Crippen molar-refractivity contribution in [2.45, 2.75) is 40.5 Å². The van der Waals surface area contributed by atoms with E-state index in [4.69, 9.17) is 0 Å². The van der Waals surface area contributed by atoms with Crippen molar-refractivity contribution in [3.8, 4) is 0 Å². The molecular weight excluding hydrogens is 318 g/mol. The molecule has 0 spiro atoms. The number of hydrogen-bond acceptors (Lipinski definition) is 7. The molecule has 0 aliphatic heterocycles. The van der Waals surface area contributed by atoms with E-state index in [2.05, 4.69) is 63.1 Å². The van der Waals surface area contributed by atoms with Gasteiger partial charge in [-0.3, -0.25) is 4.98 Å². The summed E-state index contributed by atoms with van der Waals surface area (Å²) >= 11 is 0. The van der Waals surface area contributed by atoms with Gasteiger partial charge < -0.3 is 20.4 Å². The molecule has 25 heavy (non-hydrogen) atoms. The molecule has 0 atom stereocenters. The molecule has 0 fully saturated rings. The van der Waals surface area contributed by atoms with Crippen molar-refractivity contribution in [1.29, 1.82) is 0 Å². The smallest absolute Gasteiger partial charge is 0.350 e. The summed E-state index contributed by atoms with van der Waals surface area (Å²) in [6.07, 6.45) is 1.99. The highest BCUT2D eigenvalue weighted by molar-refractivity contribution is 5.32. The highest BCUT2D eigenvalue weighted by atomic mass is 16.1. The van der Waals surface area contributed by atoms with Crippen LogP contribution in [-0.2, 0) is 0 Å². The molecule has 0 bridgehead atoms. The topological polar surface area (TPSA) is 89.2 Å². The fourth-order valence-electron chi connectivity index (χ4n) is 2.64. The Morgan fingerprint density at radius 3 is 1.88 bits per heavy atom. The van der Waals surface area contributed by atoms with Crippen LogP contribution in [0.4, 0.5) is 11.9 Å². The summed E-state index contributed by atoms with van der Waals surface area (Å²) in [7, 11) is 0. The molecule has 0 radical (unpaired) electrons. The molecule has 1 heterocycles. The van der Waals surface area contributed by atoms with Gasteiger partial charge in [-0.2, -0.15) is 9.97 Å². The third-order valence-electron chi connectivity index (χ3n) is 4.32. The van der Waals surface area contributed by atoms with Gasteiger partial charge in [0.1, 0.15) is 0 Å². The number of aromatic nitrogens is 3. The van der Waals surface area contributed by atoms with Crippen LogP contribution in [0.5, 0.6) is 0 Å². The van der Waals surface area contributed by atoms with E-state index in [1.54, 1.807) is 0 Å². The summed E-state index contributed by atoms with van der Waals surface area (Å²) < 4.78 is 0. The standard InChI is InChI=1S/C17H35N7O/c1-5-23(6-2)13-9-11-18-15-20-16(22-17(25)21-15)19-12-10-14-24(7-3)8-4/h5-14H2,1-4H3,(H3,18,19,20,21,22,25). The second kappa shape index (κ2) is 12.7. The van der Waals surface area contributed by atoms with Crippen LogP contribution in [0.3, 0.4) is 0 Å². The van der Waals surface area contributed by atoms with Gasteiger partial charge in [-0.1, -0.05) is 27.7 Å². The first-order valence-corrected chi connectivity index (χ1v) is 9.53. The molecule has 1 aromatic rings. The van der Waals surface area contributed by atoms with Crippen LogP contribution in [-0.4, -0.2) is 77.1 Å². The molecule has 0 saturated heterocycles. The monoisotopic (exact) mass is 353 g/mol. The van der Waals surface area contributed by atoms with Gasteiger partial charge in [0.05, 0.1) is 0 Å². The summed E-state index contributed by atoms with van der Waals surface area (Å²) in [6.45, 7) is 16.5. The summed E-state index contributed by atoms with van der Waals surface area (Å²) in [5, 5.41) is 6.31. The molecule has 3 N–H and O–H groups in total. The van der Waals surface area contributed by atoms with Crippen molar-refractivity contribution in [3.63, 3.8) is 0 Å². The number of anilines is 2. The molecule has 8 heteroatoms. The van der Waals surface area contributed by atoms with E-state index in [0.717, 1.165) is 65.2 Å². The Balaban J connectivity index is 2.38. The Morgan fingerprint density at radius 2 is 1.36 bits per heavy atom. The molecule has 0 unspecified atom stereocenters. The van der Waals surface area contributed by atoms with E-state index in [1.165, 1.54) is 0 Å². The number of aromatic amines is 1. The van der Waals surface area contributed by atoms with Gasteiger partial charge in [0, 0.05) is 13.1 Å². The summed E-state index contributed by atoms with van der Waals surface area (Å²) in [5.41, 5.74) is -0.382. The SMILES string of the molecule is CCN(CC)CCCNc1nc(NCCCN(CC)CC)[nH]c(=O)n1. The van der Waals surface area contributed by atoms with Crippen LogP contribution >= 0.6 is 0 Å². The van der Waals surface area contributed by atoms with Gasteiger partial charge >= 0.3 is 5.69 Å². The summed E-state index contributed by atoms with van der Waals surface area (Å²) in [4.78, 5) is 27.3. The van der Waals surface area contributed by atoms with E-state index in [0.29, 0.717) is 11.9 Å². The van der Waals surface area contributed by atoms with E-state index >= 15 is 0 Å². The van der Waals surface area contributed by atoms with Gasteiger partial charge in [-0.15, -0.1) is 0 Å². The lowest BCUT2D eigenvalue weighted by molar-refractivity contribution is 0.303. The van der Waals surface area contributed by atoms with Gasteiger partial charge in [-0.25, -0.2) is 4.79 Å². The fraction of sp³-hybridized carbons (Fsp3) is 0.824. The minimum atomic E-state index is -0.382. The Bertz CT molecular complexity index is 471. The normalized spacial score (nSPS) is 11.3. The lowest BCUT2D eigenvalue weighted by Gasteiger charge is -2.18. The quantitative estimate of drug-likeness (QED) is 0.436. The van der Waals surface area contributed by atoms with E-state index < -0.39 is 0 Å². The molecule has 0 aliphatic rings. The average Bonchev–Trinajstić information content (AvgIpc) is 2.61. The molecule has 0 aliphatic carbocycles. The molecule has 144 valence electrons. The fourth-order valence-corrected chi connectivity index (χ4v) is 2.64. The molecule has 1 rings (SSSR count). The zero-order chi connectivity index (χ0) is 18.5. The van der Waals surface area contributed by atoms with E-state index in [1.807, 2.05) is 0 Å². The molecule has 0 saturated carbocycles. The minimum absolute atomic E-state index is 0.382. The van der Waals surface area contributed by atoms with Crippen LogP contribution in [0, 0.1) is 0 Å². The minimum Gasteiger partial charge on any atom is -0.356 e. The maximum atomic E-state index is 11.7. The maximum Gasteiger partial charge on any atom is 0.350 e. The second-order valence-electron chi connectivity index (χ2n) is 5.94. The molecule has 8 nitrogen and oxygen atoms in total. The number of hydrogen-bond donors (Lipinski definition) is 3. The van der Waals surface area contributed by atoms with Crippen LogP contribution in [0.1, 0.15) is 40.5 Å². The van der Waals surface area contributed by atoms with Crippen LogP contribution in [0.25, 0.3) is 0 Å². The molecule has 0 amide bonds. The van der Waals surface area contributed by atoms with Gasteiger partial charge in [0.2, 0.25) is 11.9 Å². The Kier molecular flexibility index (Phi) is 10.8. The molecule has 0 aromatic carbocycles. The van der Waals surface area contributed by atoms with Crippen molar-refractivity contribution in [3.05, 3.63) is 10.5 Å². The predicted molar refractivity (Wildman–Crippen MR) is 104 cm³/mol. The van der Waals surface area contributed by atoms with Crippen LogP contribution < -0.4 is 16.3 Å². The second-order valence-corrected chi connectivity index (χ2v) is 5.94. The van der Waals surface area contributed by atoms with Crippen molar-refractivity contribution in [2.75, 3.05) is 63.0 Å². The molecule has 1 aromatic heterocycles. The summed E-state index contributed by atoms with van der Waals surface area (Å²) in [5.74, 6) is 0.861. The number of H-pyrrole nitrogens is 1. The highest BCUT2D eigenvalue weighted by Crippen LogP contribution is 2.01. The Labute approximate surface area is 151 Å². The zero-order valence-corrected chi connectivity index (χ0v) is 16.3. The van der Waals surface area contributed by atoms with Crippen molar-refractivity contribution < 1.29 is 0 Å². The van der Waals surface area contributed by atoms with Crippen molar-refractivity contribution >= 4 is 11.9 Å². The number of nitrogens with one attached hydrogen (secondary N) is 3. The number of rotatable bonds is 14. The van der Waals surface area contributed by atoms with Gasteiger partial charge in [0.15, 0.2) is 0 Å². The first kappa shape index (κ1) is 21.4. The lowest BCUT2D eigenvalue weighted by atomic mass is 10.3. The summed E-state index contributed by atoms with van der Waals surface area (Å²) in [6, 6.07) is 0. The lowest BCUT2D eigenvalue weighted by Crippen LogP contribution is -2.26. The van der Waals surface area contributed by atoms with Gasteiger partial charge in [0.25, 0.3) is 0 Å². The first-order chi connectivity index (χ1) is 12.1. The predicted octanol–water partition coefficient (Wildman–Crippen LogP) is 1.45.